The van der Waals surface area contributed by atoms with Gasteiger partial charge >= 0.3 is 0 Å². The number of halogens is 1. The van der Waals surface area contributed by atoms with E-state index in [1.807, 2.05) is 31.2 Å². The quantitative estimate of drug-likeness (QED) is 0.336. The molecule has 1 aromatic heterocycles. The largest absolute Gasteiger partial charge is 0.280 e. The summed E-state index contributed by atoms with van der Waals surface area (Å²) in [6.45, 7) is 1.99. The van der Waals surface area contributed by atoms with Crippen molar-refractivity contribution in [2.24, 2.45) is 5.10 Å². The summed E-state index contributed by atoms with van der Waals surface area (Å²) in [7, 11) is 0. The number of rotatable bonds is 4. The van der Waals surface area contributed by atoms with Crippen LogP contribution in [-0.2, 0) is 0 Å². The first kappa shape index (κ1) is 19.4. The summed E-state index contributed by atoms with van der Waals surface area (Å²) in [4.78, 5) is 17.8. The molecular formula is C23H15FN4OS. The molecule has 0 aliphatic heterocycles. The first-order valence-electron chi connectivity index (χ1n) is 9.05. The van der Waals surface area contributed by atoms with Crippen molar-refractivity contribution >= 4 is 38.8 Å². The Bertz CT molecular complexity index is 1290. The minimum Gasteiger partial charge on any atom is -0.267 e. The average Bonchev–Trinajstić information content (AvgIpc) is 3.18. The second kappa shape index (κ2) is 8.23. The van der Waals surface area contributed by atoms with Gasteiger partial charge in [-0.25, -0.2) is 9.37 Å². The summed E-state index contributed by atoms with van der Waals surface area (Å²) >= 11 is 1.36. The minimum atomic E-state index is -0.381. The lowest BCUT2D eigenvalue weighted by Gasteiger charge is -2.13. The summed E-state index contributed by atoms with van der Waals surface area (Å²) < 4.78 is 14.1. The number of hydrogen-bond acceptors (Lipinski definition) is 5. The van der Waals surface area contributed by atoms with Gasteiger partial charge in [-0.15, -0.1) is 0 Å². The molecule has 0 radical (unpaired) electrons. The van der Waals surface area contributed by atoms with Crippen molar-refractivity contribution in [3.63, 3.8) is 0 Å². The van der Waals surface area contributed by atoms with E-state index in [0.717, 1.165) is 15.8 Å². The lowest BCUT2D eigenvalue weighted by atomic mass is 10.1. The van der Waals surface area contributed by atoms with E-state index in [1.165, 1.54) is 34.7 Å². The summed E-state index contributed by atoms with van der Waals surface area (Å²) in [5.41, 5.74) is 3.35. The molecule has 0 spiro atoms. The molecule has 1 heterocycles. The van der Waals surface area contributed by atoms with Crippen LogP contribution < -0.4 is 5.01 Å². The molecule has 0 atom stereocenters. The van der Waals surface area contributed by atoms with Crippen molar-refractivity contribution in [1.82, 2.24) is 4.98 Å². The zero-order valence-corrected chi connectivity index (χ0v) is 16.7. The topological polar surface area (TPSA) is 69.3 Å². The number of fused-ring (bicyclic) bond motifs is 1. The van der Waals surface area contributed by atoms with Crippen molar-refractivity contribution in [2.75, 3.05) is 5.01 Å². The number of carbonyl (C=O) groups is 1. The zero-order chi connectivity index (χ0) is 21.1. The average molecular weight is 414 g/mol. The number of hydrogen-bond donors (Lipinski definition) is 0. The molecule has 5 nitrogen and oxygen atoms in total. The highest BCUT2D eigenvalue weighted by Gasteiger charge is 2.21. The number of hydrazone groups is 1. The summed E-state index contributed by atoms with van der Waals surface area (Å²) in [5, 5.41) is 15.0. The van der Waals surface area contributed by atoms with Crippen LogP contribution in [0.15, 0.2) is 71.8 Å². The van der Waals surface area contributed by atoms with E-state index in [0.29, 0.717) is 21.8 Å². The van der Waals surface area contributed by atoms with Crippen LogP contribution in [0.3, 0.4) is 0 Å². The number of aryl methyl sites for hydroxylation is 1. The molecule has 7 heteroatoms. The van der Waals surface area contributed by atoms with E-state index >= 15 is 0 Å². The minimum absolute atomic E-state index is 0.348. The maximum atomic E-state index is 13.2. The number of carbonyl (C=O) groups excluding carboxylic acids is 1. The molecular weight excluding hydrogens is 399 g/mol. The standard InChI is InChI=1S/C23H15FN4OS/c1-15-2-11-20-21(12-15)30-23(27-20)28(26-14-17-5-9-19(24)10-6-17)22(29)18-7-3-16(13-25)4-8-18/h2-12,14H,1H3/b26-14+. The Labute approximate surface area is 176 Å². The fraction of sp³-hybridized carbons (Fsp3) is 0.0435. The molecule has 0 bridgehead atoms. The van der Waals surface area contributed by atoms with Gasteiger partial charge in [0.25, 0.3) is 5.91 Å². The van der Waals surface area contributed by atoms with Gasteiger partial charge in [-0.3, -0.25) is 4.79 Å². The third kappa shape index (κ3) is 4.09. The Morgan fingerprint density at radius 2 is 1.87 bits per heavy atom. The van der Waals surface area contributed by atoms with E-state index in [1.54, 1.807) is 36.4 Å². The molecule has 1 amide bonds. The smallest absolute Gasteiger partial charge is 0.267 e. The van der Waals surface area contributed by atoms with E-state index in [-0.39, 0.29) is 11.7 Å². The monoisotopic (exact) mass is 414 g/mol. The highest BCUT2D eigenvalue weighted by atomic mass is 32.1. The summed E-state index contributed by atoms with van der Waals surface area (Å²) in [6.07, 6.45) is 1.48. The maximum Gasteiger partial charge on any atom is 0.280 e. The fourth-order valence-corrected chi connectivity index (χ4v) is 3.80. The number of benzene rings is 3. The van der Waals surface area contributed by atoms with Gasteiger partial charge in [0.15, 0.2) is 0 Å². The van der Waals surface area contributed by atoms with Crippen molar-refractivity contribution in [1.29, 1.82) is 5.26 Å². The number of nitrogens with zero attached hydrogens (tertiary/aromatic N) is 4. The van der Waals surface area contributed by atoms with Crippen LogP contribution in [-0.4, -0.2) is 17.1 Å². The van der Waals surface area contributed by atoms with Gasteiger partial charge < -0.3 is 0 Å². The Balaban J connectivity index is 1.75. The van der Waals surface area contributed by atoms with E-state index in [4.69, 9.17) is 5.26 Å². The number of nitriles is 1. The van der Waals surface area contributed by atoms with E-state index in [9.17, 15) is 9.18 Å². The normalized spacial score (nSPS) is 11.0. The van der Waals surface area contributed by atoms with Crippen molar-refractivity contribution < 1.29 is 9.18 Å². The number of anilines is 1. The molecule has 0 N–H and O–H groups in total. The number of amides is 1. The molecule has 30 heavy (non-hydrogen) atoms. The van der Waals surface area contributed by atoms with Crippen molar-refractivity contribution in [3.05, 3.63) is 94.8 Å². The predicted molar refractivity (Wildman–Crippen MR) is 116 cm³/mol. The first-order valence-corrected chi connectivity index (χ1v) is 9.86. The second-order valence-corrected chi connectivity index (χ2v) is 7.58. The van der Waals surface area contributed by atoms with Crippen LogP contribution in [0, 0.1) is 24.1 Å². The van der Waals surface area contributed by atoms with Crippen LogP contribution in [0.5, 0.6) is 0 Å². The third-order valence-electron chi connectivity index (χ3n) is 4.36. The number of thiazole rings is 1. The summed E-state index contributed by atoms with van der Waals surface area (Å²) in [6, 6.07) is 20.0. The molecule has 0 aliphatic carbocycles. The van der Waals surface area contributed by atoms with Gasteiger partial charge in [0.1, 0.15) is 5.82 Å². The molecule has 0 fully saturated rings. The highest BCUT2D eigenvalue weighted by molar-refractivity contribution is 7.22. The van der Waals surface area contributed by atoms with Crippen LogP contribution in [0.2, 0.25) is 0 Å². The van der Waals surface area contributed by atoms with Gasteiger partial charge in [-0.05, 0) is 66.6 Å². The van der Waals surface area contributed by atoms with Gasteiger partial charge in [0.05, 0.1) is 28.1 Å². The Kier molecular flexibility index (Phi) is 5.33. The van der Waals surface area contributed by atoms with Gasteiger partial charge in [0, 0.05) is 5.56 Å². The van der Waals surface area contributed by atoms with Crippen molar-refractivity contribution in [2.45, 2.75) is 6.92 Å². The predicted octanol–water partition coefficient (Wildman–Crippen LogP) is 5.30. The lowest BCUT2D eigenvalue weighted by molar-refractivity contribution is 0.0988. The van der Waals surface area contributed by atoms with Crippen LogP contribution in [0.25, 0.3) is 10.2 Å². The molecule has 0 aliphatic rings. The molecule has 0 saturated carbocycles. The lowest BCUT2D eigenvalue weighted by Crippen LogP contribution is -2.25. The second-order valence-electron chi connectivity index (χ2n) is 6.57. The first-order chi connectivity index (χ1) is 14.5. The Morgan fingerprint density at radius 3 is 2.57 bits per heavy atom. The van der Waals surface area contributed by atoms with Gasteiger partial charge in [-0.2, -0.15) is 15.4 Å². The molecule has 4 rings (SSSR count). The number of aromatic nitrogens is 1. The van der Waals surface area contributed by atoms with Gasteiger partial charge in [0.2, 0.25) is 5.13 Å². The zero-order valence-electron chi connectivity index (χ0n) is 15.9. The molecule has 4 aromatic rings. The highest BCUT2D eigenvalue weighted by Crippen LogP contribution is 2.30. The van der Waals surface area contributed by atoms with Crippen LogP contribution >= 0.6 is 11.3 Å². The SMILES string of the molecule is Cc1ccc2nc(N(/N=C/c3ccc(F)cc3)C(=O)c3ccc(C#N)cc3)sc2c1. The Morgan fingerprint density at radius 1 is 1.13 bits per heavy atom. The van der Waals surface area contributed by atoms with Crippen LogP contribution in [0.1, 0.15) is 27.0 Å². The Hall–Kier alpha value is -3.89. The van der Waals surface area contributed by atoms with Gasteiger partial charge in [-0.1, -0.05) is 29.5 Å². The third-order valence-corrected chi connectivity index (χ3v) is 5.35. The van der Waals surface area contributed by atoms with Crippen LogP contribution in [0.4, 0.5) is 9.52 Å². The molecule has 0 saturated heterocycles. The molecule has 146 valence electrons. The van der Waals surface area contributed by atoms with E-state index < -0.39 is 0 Å². The fourth-order valence-electron chi connectivity index (χ4n) is 2.78. The van der Waals surface area contributed by atoms with E-state index in [2.05, 4.69) is 10.1 Å². The molecule has 3 aromatic carbocycles. The maximum absolute atomic E-state index is 13.2. The summed E-state index contributed by atoms with van der Waals surface area (Å²) in [5.74, 6) is -0.729. The van der Waals surface area contributed by atoms with Crippen molar-refractivity contribution in [3.8, 4) is 6.07 Å². The molecule has 0 unspecified atom stereocenters.